The van der Waals surface area contributed by atoms with E-state index < -0.39 is 0 Å². The van der Waals surface area contributed by atoms with E-state index in [0.29, 0.717) is 0 Å². The smallest absolute Gasteiger partial charge is 0.123 e. The van der Waals surface area contributed by atoms with Crippen LogP contribution in [0.1, 0.15) is 29.4 Å². The van der Waals surface area contributed by atoms with Gasteiger partial charge in [-0.05, 0) is 30.7 Å². The lowest BCUT2D eigenvalue weighted by atomic mass is 10.1. The molecule has 5 heteroatoms. The predicted octanol–water partition coefficient (Wildman–Crippen LogP) is 4.51. The Morgan fingerprint density at radius 2 is 1.30 bits per heavy atom. The molecule has 0 saturated carbocycles. The summed E-state index contributed by atoms with van der Waals surface area (Å²) >= 11 is 0. The molecule has 1 fully saturated rings. The van der Waals surface area contributed by atoms with Crippen LogP contribution in [0.2, 0.25) is 0 Å². The van der Waals surface area contributed by atoms with Crippen LogP contribution in [-0.4, -0.2) is 42.1 Å². The molecule has 30 heavy (non-hydrogen) atoms. The Labute approximate surface area is 178 Å². The number of hydrogen-bond donors (Lipinski definition) is 0. The van der Waals surface area contributed by atoms with Gasteiger partial charge in [0.15, 0.2) is 0 Å². The Bertz CT molecular complexity index is 890. The van der Waals surface area contributed by atoms with Crippen LogP contribution >= 0.6 is 0 Å². The van der Waals surface area contributed by atoms with Gasteiger partial charge in [-0.1, -0.05) is 42.5 Å². The van der Waals surface area contributed by atoms with Gasteiger partial charge in [-0.25, -0.2) is 0 Å². The van der Waals surface area contributed by atoms with Gasteiger partial charge in [0.25, 0.3) is 0 Å². The number of benzene rings is 2. The van der Waals surface area contributed by atoms with E-state index in [1.54, 1.807) is 14.2 Å². The lowest BCUT2D eigenvalue weighted by Gasteiger charge is -2.44. The maximum Gasteiger partial charge on any atom is 0.123 e. The van der Waals surface area contributed by atoms with Crippen molar-refractivity contribution in [3.8, 4) is 11.5 Å². The molecule has 0 aliphatic carbocycles. The lowest BCUT2D eigenvalue weighted by molar-refractivity contribution is -0.0123. The molecule has 2 heterocycles. The van der Waals surface area contributed by atoms with Gasteiger partial charge in [0, 0.05) is 43.5 Å². The van der Waals surface area contributed by atoms with E-state index in [0.717, 1.165) is 49.8 Å². The Kier molecular flexibility index (Phi) is 6.62. The summed E-state index contributed by atoms with van der Waals surface area (Å²) in [6, 6.07) is 22.7. The second-order valence-corrected chi connectivity index (χ2v) is 7.55. The molecule has 0 N–H and O–H groups in total. The van der Waals surface area contributed by atoms with Crippen molar-refractivity contribution < 1.29 is 9.47 Å². The molecule has 156 valence electrons. The van der Waals surface area contributed by atoms with E-state index in [2.05, 4.69) is 46.2 Å². The molecular weight excluding hydrogens is 374 g/mol. The standard InChI is InChI=1S/C25H29N3O2/c1-29-23-13-5-3-10-20(23)18-27-16-9-17-28(25(27)22-12-7-8-15-26-22)19-21-11-4-6-14-24(21)30-2/h3-8,10-15,25H,9,16-19H2,1-2H3. The van der Waals surface area contributed by atoms with Gasteiger partial charge in [0.1, 0.15) is 17.7 Å². The largest absolute Gasteiger partial charge is 0.496 e. The quantitative estimate of drug-likeness (QED) is 0.580. The van der Waals surface area contributed by atoms with Crippen molar-refractivity contribution in [1.82, 2.24) is 14.8 Å². The average Bonchev–Trinajstić information content (AvgIpc) is 2.80. The molecule has 0 unspecified atom stereocenters. The molecule has 1 saturated heterocycles. The SMILES string of the molecule is COc1ccccc1CN1CCCN(Cc2ccccc2OC)C1c1ccccn1. The van der Waals surface area contributed by atoms with Crippen LogP contribution in [0, 0.1) is 0 Å². The second-order valence-electron chi connectivity index (χ2n) is 7.55. The molecule has 0 radical (unpaired) electrons. The zero-order chi connectivity index (χ0) is 20.8. The van der Waals surface area contributed by atoms with Gasteiger partial charge in [-0.15, -0.1) is 0 Å². The van der Waals surface area contributed by atoms with Crippen molar-refractivity contribution >= 4 is 0 Å². The molecule has 4 rings (SSSR count). The number of hydrogen-bond acceptors (Lipinski definition) is 5. The maximum atomic E-state index is 5.61. The number of rotatable bonds is 7. The van der Waals surface area contributed by atoms with E-state index in [1.165, 1.54) is 11.1 Å². The van der Waals surface area contributed by atoms with E-state index in [1.807, 2.05) is 36.5 Å². The Balaban J connectivity index is 1.66. The van der Waals surface area contributed by atoms with Crippen molar-refractivity contribution in [2.45, 2.75) is 25.7 Å². The number of aromatic nitrogens is 1. The normalized spacial score (nSPS) is 15.8. The summed E-state index contributed by atoms with van der Waals surface area (Å²) < 4.78 is 11.2. The van der Waals surface area contributed by atoms with E-state index in [-0.39, 0.29) is 6.17 Å². The van der Waals surface area contributed by atoms with Gasteiger partial charge >= 0.3 is 0 Å². The fourth-order valence-corrected chi connectivity index (χ4v) is 4.29. The van der Waals surface area contributed by atoms with Crippen LogP contribution in [0.5, 0.6) is 11.5 Å². The number of pyridine rings is 1. The molecule has 1 aliphatic rings. The van der Waals surface area contributed by atoms with E-state index in [9.17, 15) is 0 Å². The van der Waals surface area contributed by atoms with Crippen molar-refractivity contribution in [3.63, 3.8) is 0 Å². The summed E-state index contributed by atoms with van der Waals surface area (Å²) in [6.07, 6.45) is 3.08. The Morgan fingerprint density at radius 3 is 1.80 bits per heavy atom. The minimum absolute atomic E-state index is 0.0924. The van der Waals surface area contributed by atoms with Crippen LogP contribution in [0.25, 0.3) is 0 Å². The number of ether oxygens (including phenoxy) is 2. The first-order valence-electron chi connectivity index (χ1n) is 10.4. The highest BCUT2D eigenvalue weighted by Crippen LogP contribution is 2.33. The Hall–Kier alpha value is -2.89. The molecule has 3 aromatic rings. The van der Waals surface area contributed by atoms with Gasteiger partial charge in [0.2, 0.25) is 0 Å². The van der Waals surface area contributed by atoms with Crippen LogP contribution in [0.15, 0.2) is 72.9 Å². The van der Waals surface area contributed by atoms with E-state index >= 15 is 0 Å². The summed E-state index contributed by atoms with van der Waals surface area (Å²) in [4.78, 5) is 9.72. The summed E-state index contributed by atoms with van der Waals surface area (Å²) in [5.41, 5.74) is 3.46. The number of methoxy groups -OCH3 is 2. The van der Waals surface area contributed by atoms with Crippen LogP contribution in [0.4, 0.5) is 0 Å². The van der Waals surface area contributed by atoms with Gasteiger partial charge < -0.3 is 9.47 Å². The van der Waals surface area contributed by atoms with Crippen molar-refractivity contribution in [1.29, 1.82) is 0 Å². The van der Waals surface area contributed by atoms with Crippen molar-refractivity contribution in [2.75, 3.05) is 27.3 Å². The second kappa shape index (κ2) is 9.74. The molecule has 0 spiro atoms. The third-order valence-electron chi connectivity index (χ3n) is 5.67. The first-order valence-corrected chi connectivity index (χ1v) is 10.4. The van der Waals surface area contributed by atoms with Gasteiger partial charge in [-0.3, -0.25) is 14.8 Å². The topological polar surface area (TPSA) is 37.8 Å². The molecule has 1 aromatic heterocycles. The fourth-order valence-electron chi connectivity index (χ4n) is 4.29. The molecular formula is C25H29N3O2. The van der Waals surface area contributed by atoms with Crippen molar-refractivity contribution in [3.05, 3.63) is 89.7 Å². The minimum atomic E-state index is 0.0924. The predicted molar refractivity (Wildman–Crippen MR) is 118 cm³/mol. The summed E-state index contributed by atoms with van der Waals surface area (Å²) in [7, 11) is 3.47. The maximum absolute atomic E-state index is 5.61. The highest BCUT2D eigenvalue weighted by Gasteiger charge is 2.32. The molecule has 0 atom stereocenters. The van der Waals surface area contributed by atoms with Crippen LogP contribution in [-0.2, 0) is 13.1 Å². The lowest BCUT2D eigenvalue weighted by Crippen LogP contribution is -2.47. The minimum Gasteiger partial charge on any atom is -0.496 e. The van der Waals surface area contributed by atoms with Crippen molar-refractivity contribution in [2.24, 2.45) is 0 Å². The van der Waals surface area contributed by atoms with E-state index in [4.69, 9.17) is 14.5 Å². The molecule has 1 aliphatic heterocycles. The number of nitrogens with zero attached hydrogens (tertiary/aromatic N) is 3. The van der Waals surface area contributed by atoms with Crippen LogP contribution in [0.3, 0.4) is 0 Å². The Morgan fingerprint density at radius 1 is 0.767 bits per heavy atom. The number of para-hydroxylation sites is 2. The molecule has 0 amide bonds. The monoisotopic (exact) mass is 403 g/mol. The first kappa shape index (κ1) is 20.4. The third kappa shape index (κ3) is 4.48. The molecule has 5 nitrogen and oxygen atoms in total. The highest BCUT2D eigenvalue weighted by atomic mass is 16.5. The first-order chi connectivity index (χ1) is 14.8. The molecule has 0 bridgehead atoms. The summed E-state index contributed by atoms with van der Waals surface area (Å²) in [5.74, 6) is 1.86. The zero-order valence-electron chi connectivity index (χ0n) is 17.7. The third-order valence-corrected chi connectivity index (χ3v) is 5.67. The summed E-state index contributed by atoms with van der Waals surface area (Å²) in [5, 5.41) is 0. The van der Waals surface area contributed by atoms with Gasteiger partial charge in [0.05, 0.1) is 19.9 Å². The van der Waals surface area contributed by atoms with Gasteiger partial charge in [-0.2, -0.15) is 0 Å². The fraction of sp³-hybridized carbons (Fsp3) is 0.320. The highest BCUT2D eigenvalue weighted by molar-refractivity contribution is 5.34. The van der Waals surface area contributed by atoms with Crippen LogP contribution < -0.4 is 9.47 Å². The molecule has 2 aromatic carbocycles. The zero-order valence-corrected chi connectivity index (χ0v) is 17.7. The summed E-state index contributed by atoms with van der Waals surface area (Å²) in [6.45, 7) is 3.66. The average molecular weight is 404 g/mol.